The van der Waals surface area contributed by atoms with Crippen molar-refractivity contribution in [3.05, 3.63) is 64.1 Å². The lowest BCUT2D eigenvalue weighted by atomic mass is 9.99. The first kappa shape index (κ1) is 18.8. The fourth-order valence-electron chi connectivity index (χ4n) is 3.22. The lowest BCUT2D eigenvalue weighted by Gasteiger charge is -2.23. The number of pyridine rings is 1. The van der Waals surface area contributed by atoms with E-state index < -0.39 is 11.4 Å². The first-order chi connectivity index (χ1) is 13.2. The predicted molar refractivity (Wildman–Crippen MR) is 96.8 cm³/mol. The maximum Gasteiger partial charge on any atom is 0.358 e. The third-order valence-electron chi connectivity index (χ3n) is 4.61. The lowest BCUT2D eigenvalue weighted by molar-refractivity contribution is -0.108. The van der Waals surface area contributed by atoms with Crippen LogP contribution < -0.4 is 10.2 Å². The van der Waals surface area contributed by atoms with E-state index in [0.717, 1.165) is 11.8 Å². The first-order valence-electron chi connectivity index (χ1n) is 8.67. The standard InChI is InChI=1S/C20H21NO6/c1-25-20(24)18-19(27-11-14-5-3-2-4-6-14)17(23)7-9-21(18)16-13-26-12-15(16)8-10-22/h2-7,9-10,15-16H,8,11-13H2,1H3. The van der Waals surface area contributed by atoms with Crippen LogP contribution in [0, 0.1) is 5.92 Å². The molecule has 27 heavy (non-hydrogen) atoms. The molecule has 0 spiro atoms. The highest BCUT2D eigenvalue weighted by Crippen LogP contribution is 2.31. The summed E-state index contributed by atoms with van der Waals surface area (Å²) in [6.45, 7) is 0.892. The van der Waals surface area contributed by atoms with Gasteiger partial charge in [-0.05, 0) is 5.56 Å². The van der Waals surface area contributed by atoms with Crippen molar-refractivity contribution in [3.63, 3.8) is 0 Å². The second kappa shape index (κ2) is 8.64. The van der Waals surface area contributed by atoms with Gasteiger partial charge in [-0.15, -0.1) is 0 Å². The van der Waals surface area contributed by atoms with Crippen LogP contribution in [0.15, 0.2) is 47.4 Å². The molecule has 2 heterocycles. The Morgan fingerprint density at radius 1 is 1.26 bits per heavy atom. The Balaban J connectivity index is 2.00. The number of carbonyl (C=O) groups excluding carboxylic acids is 2. The predicted octanol–water partition coefficient (Wildman–Crippen LogP) is 1.99. The molecule has 0 radical (unpaired) electrons. The fraction of sp³-hybridized carbons (Fsp3) is 0.350. The van der Waals surface area contributed by atoms with Crippen LogP contribution in [0.4, 0.5) is 0 Å². The van der Waals surface area contributed by atoms with Gasteiger partial charge in [0.25, 0.3) is 0 Å². The van der Waals surface area contributed by atoms with Gasteiger partial charge in [-0.1, -0.05) is 30.3 Å². The average molecular weight is 371 g/mol. The van der Waals surface area contributed by atoms with Gasteiger partial charge in [0.1, 0.15) is 12.9 Å². The van der Waals surface area contributed by atoms with Gasteiger partial charge in [-0.25, -0.2) is 4.79 Å². The molecule has 142 valence electrons. The molecular formula is C20H21NO6. The molecule has 1 aliphatic rings. The maximum atomic E-state index is 12.5. The van der Waals surface area contributed by atoms with Crippen molar-refractivity contribution in [2.45, 2.75) is 19.1 Å². The Morgan fingerprint density at radius 3 is 2.74 bits per heavy atom. The largest absolute Gasteiger partial charge is 0.482 e. The van der Waals surface area contributed by atoms with E-state index in [2.05, 4.69) is 0 Å². The molecule has 7 nitrogen and oxygen atoms in total. The van der Waals surface area contributed by atoms with Gasteiger partial charge < -0.3 is 23.6 Å². The van der Waals surface area contributed by atoms with Crippen molar-refractivity contribution in [1.82, 2.24) is 4.57 Å². The topological polar surface area (TPSA) is 83.8 Å². The number of nitrogens with zero attached hydrogens (tertiary/aromatic N) is 1. The molecule has 1 aliphatic heterocycles. The van der Waals surface area contributed by atoms with E-state index in [4.69, 9.17) is 14.2 Å². The molecule has 1 fully saturated rings. The zero-order valence-corrected chi connectivity index (χ0v) is 15.0. The van der Waals surface area contributed by atoms with E-state index in [1.54, 1.807) is 4.57 Å². The maximum absolute atomic E-state index is 12.5. The summed E-state index contributed by atoms with van der Waals surface area (Å²) in [6, 6.07) is 10.4. The Bertz CT molecular complexity index is 861. The number of hydrogen-bond donors (Lipinski definition) is 0. The van der Waals surface area contributed by atoms with Crippen LogP contribution >= 0.6 is 0 Å². The van der Waals surface area contributed by atoms with Gasteiger partial charge in [0.2, 0.25) is 5.43 Å². The second-order valence-electron chi connectivity index (χ2n) is 6.30. The van der Waals surface area contributed by atoms with Crippen molar-refractivity contribution in [1.29, 1.82) is 0 Å². The summed E-state index contributed by atoms with van der Waals surface area (Å²) in [7, 11) is 1.25. The highest BCUT2D eigenvalue weighted by atomic mass is 16.5. The second-order valence-corrected chi connectivity index (χ2v) is 6.30. The van der Waals surface area contributed by atoms with Crippen molar-refractivity contribution < 1.29 is 23.8 Å². The minimum atomic E-state index is -0.674. The minimum absolute atomic E-state index is 0.0346. The van der Waals surface area contributed by atoms with E-state index in [1.807, 2.05) is 30.3 Å². The first-order valence-corrected chi connectivity index (χ1v) is 8.67. The number of aldehydes is 1. The zero-order valence-electron chi connectivity index (χ0n) is 15.0. The number of rotatable bonds is 7. The Morgan fingerprint density at radius 2 is 2.04 bits per heavy atom. The number of methoxy groups -OCH3 is 1. The van der Waals surface area contributed by atoms with Crippen molar-refractivity contribution in [2.75, 3.05) is 20.3 Å². The Kier molecular flexibility index (Phi) is 6.03. The molecule has 0 saturated carbocycles. The molecule has 1 aromatic carbocycles. The van der Waals surface area contributed by atoms with Crippen LogP contribution in [-0.4, -0.2) is 37.1 Å². The minimum Gasteiger partial charge on any atom is -0.482 e. The van der Waals surface area contributed by atoms with Gasteiger partial charge in [0.15, 0.2) is 11.4 Å². The van der Waals surface area contributed by atoms with Crippen molar-refractivity contribution >= 4 is 12.3 Å². The van der Waals surface area contributed by atoms with Crippen molar-refractivity contribution in [2.24, 2.45) is 5.92 Å². The van der Waals surface area contributed by atoms with E-state index in [0.29, 0.717) is 19.6 Å². The summed E-state index contributed by atoms with van der Waals surface area (Å²) in [5, 5.41) is 0. The molecule has 2 aromatic rings. The van der Waals surface area contributed by atoms with Crippen LogP contribution in [0.2, 0.25) is 0 Å². The number of esters is 1. The molecule has 2 atom stereocenters. The van der Waals surface area contributed by atoms with Gasteiger partial charge in [-0.2, -0.15) is 0 Å². The summed E-state index contributed by atoms with van der Waals surface area (Å²) in [5.41, 5.74) is 0.493. The quantitative estimate of drug-likeness (QED) is 0.547. The summed E-state index contributed by atoms with van der Waals surface area (Å²) < 4.78 is 17.7. The van der Waals surface area contributed by atoms with Crippen molar-refractivity contribution in [3.8, 4) is 5.75 Å². The highest BCUT2D eigenvalue weighted by molar-refractivity contribution is 5.90. The van der Waals surface area contributed by atoms with Gasteiger partial charge in [0.05, 0.1) is 26.4 Å². The monoisotopic (exact) mass is 371 g/mol. The van der Waals surface area contributed by atoms with Crippen LogP contribution in [0.25, 0.3) is 0 Å². The summed E-state index contributed by atoms with van der Waals surface area (Å²) >= 11 is 0. The summed E-state index contributed by atoms with van der Waals surface area (Å²) in [6.07, 6.45) is 2.66. The average Bonchev–Trinajstić information content (AvgIpc) is 3.15. The molecule has 1 saturated heterocycles. The zero-order chi connectivity index (χ0) is 19.2. The highest BCUT2D eigenvalue weighted by Gasteiger charge is 2.33. The van der Waals surface area contributed by atoms with E-state index in [-0.39, 0.29) is 30.0 Å². The molecule has 0 amide bonds. The normalized spacial score (nSPS) is 18.9. The number of hydrogen-bond acceptors (Lipinski definition) is 6. The number of ether oxygens (including phenoxy) is 3. The lowest BCUT2D eigenvalue weighted by Crippen LogP contribution is -2.27. The molecule has 3 rings (SSSR count). The van der Waals surface area contributed by atoms with Crippen LogP contribution in [-0.2, 0) is 20.9 Å². The number of benzene rings is 1. The molecule has 2 unspecified atom stereocenters. The molecule has 1 aromatic heterocycles. The third kappa shape index (κ3) is 4.09. The molecule has 0 N–H and O–H groups in total. The van der Waals surface area contributed by atoms with Gasteiger partial charge in [0, 0.05) is 24.6 Å². The molecule has 0 bridgehead atoms. The molecule has 7 heteroatoms. The summed E-state index contributed by atoms with van der Waals surface area (Å²) in [5.74, 6) is -0.826. The Hall–Kier alpha value is -2.93. The van der Waals surface area contributed by atoms with Gasteiger partial charge >= 0.3 is 5.97 Å². The smallest absolute Gasteiger partial charge is 0.358 e. The number of aromatic nitrogens is 1. The van der Waals surface area contributed by atoms with E-state index in [1.165, 1.54) is 19.4 Å². The fourth-order valence-corrected chi connectivity index (χ4v) is 3.22. The molecular weight excluding hydrogens is 350 g/mol. The van der Waals surface area contributed by atoms with Crippen LogP contribution in [0.1, 0.15) is 28.5 Å². The van der Waals surface area contributed by atoms with E-state index in [9.17, 15) is 14.4 Å². The van der Waals surface area contributed by atoms with E-state index >= 15 is 0 Å². The van der Waals surface area contributed by atoms with Crippen LogP contribution in [0.5, 0.6) is 5.75 Å². The SMILES string of the molecule is COC(=O)c1c(OCc2ccccc2)c(=O)ccn1C1COCC1CC=O. The Labute approximate surface area is 156 Å². The number of carbonyl (C=O) groups is 2. The summed E-state index contributed by atoms with van der Waals surface area (Å²) in [4.78, 5) is 35.9. The third-order valence-corrected chi connectivity index (χ3v) is 4.61. The molecule has 0 aliphatic carbocycles. The van der Waals surface area contributed by atoms with Gasteiger partial charge in [-0.3, -0.25) is 4.79 Å². The van der Waals surface area contributed by atoms with Crippen LogP contribution in [0.3, 0.4) is 0 Å².